The molecule has 1 radical (unpaired) electrons. The molecule has 7 aromatic rings. The van der Waals surface area contributed by atoms with E-state index in [1.165, 1.54) is 11.1 Å². The molecule has 7 nitrogen and oxygen atoms in total. The second kappa shape index (κ2) is 21.2. The molecule has 0 spiro atoms. The van der Waals surface area contributed by atoms with Crippen LogP contribution >= 0.6 is 0 Å². The van der Waals surface area contributed by atoms with Gasteiger partial charge in [0.1, 0.15) is 11.3 Å². The van der Waals surface area contributed by atoms with Crippen molar-refractivity contribution in [3.8, 4) is 0 Å². The summed E-state index contributed by atoms with van der Waals surface area (Å²) in [7, 11) is 0. The molecule has 0 N–H and O–H groups in total. The number of fused-ring (bicyclic) bond motifs is 4. The molecule has 60 heavy (non-hydrogen) atoms. The van der Waals surface area contributed by atoms with Gasteiger partial charge in [-0.05, 0) is 56.7 Å². The number of allylic oxidation sites excluding steroid dienone is 4. The van der Waals surface area contributed by atoms with Gasteiger partial charge in [0.05, 0.1) is 22.1 Å². The van der Waals surface area contributed by atoms with E-state index in [-0.39, 0.29) is 17.1 Å². The Labute approximate surface area is 385 Å². The largest absolute Gasteiger partial charge is 0.781 e. The number of aromatic nitrogens is 5. The van der Waals surface area contributed by atoms with Crippen LogP contribution in [0.2, 0.25) is 0 Å². The standard InChI is InChI=1S/C34H31N7.2C7H8S2.Cu/c1-5-14-24-29(39(21-6-2)32-31(24)35-25-15-9-10-16-26(25)36-32)19-13-20-30-40(22-7-3)33-34(41(30)23-8-4)38-28-18-12-11-17-27(28)37-33;2*1-5-2-3-6(8)7(9)4-5;/h5-13,15-20H,1-4,14,21-23H2;2*2-4,8-9H,1H3;/p-4. The van der Waals surface area contributed by atoms with Gasteiger partial charge in [-0.1, -0.05) is 102 Å². The maximum Gasteiger partial charge on any atom is 0.178 e. The van der Waals surface area contributed by atoms with Crippen LogP contribution in [0.5, 0.6) is 0 Å². The maximum absolute atomic E-state index is 5.00. The van der Waals surface area contributed by atoms with E-state index >= 15 is 0 Å². The predicted molar refractivity (Wildman–Crippen MR) is 256 cm³/mol. The average Bonchev–Trinajstić information content (AvgIpc) is 3.66. The third-order valence-electron chi connectivity index (χ3n) is 9.27. The van der Waals surface area contributed by atoms with E-state index in [9.17, 15) is 0 Å². The number of anilines is 2. The Kier molecular flexibility index (Phi) is 16.1. The molecule has 1 aliphatic heterocycles. The summed E-state index contributed by atoms with van der Waals surface area (Å²) in [6.07, 6.45) is 14.5. The molecule has 0 bridgehead atoms. The molecule has 0 unspecified atom stereocenters. The Morgan fingerprint density at radius 2 is 1.03 bits per heavy atom. The number of benzene rings is 4. The first-order valence-corrected chi connectivity index (χ1v) is 20.5. The van der Waals surface area contributed by atoms with E-state index in [1.807, 2.05) is 123 Å². The predicted octanol–water partition coefficient (Wildman–Crippen LogP) is 10.6. The zero-order valence-electron chi connectivity index (χ0n) is 33.3. The molecule has 0 saturated heterocycles. The topological polar surface area (TPSA) is 63.0 Å². The van der Waals surface area contributed by atoms with Gasteiger partial charge in [0.25, 0.3) is 0 Å². The van der Waals surface area contributed by atoms with E-state index in [4.69, 9.17) is 70.5 Å². The van der Waals surface area contributed by atoms with Crippen molar-refractivity contribution in [2.45, 2.75) is 46.4 Å². The normalized spacial score (nSPS) is 11.7. The molecule has 0 aliphatic carbocycles. The minimum absolute atomic E-state index is 0. The van der Waals surface area contributed by atoms with Gasteiger partial charge in [-0.15, -0.1) is 26.3 Å². The van der Waals surface area contributed by atoms with Crippen LogP contribution in [0.25, 0.3) is 39.3 Å². The van der Waals surface area contributed by atoms with Crippen molar-refractivity contribution < 1.29 is 17.1 Å². The van der Waals surface area contributed by atoms with Crippen molar-refractivity contribution in [3.05, 3.63) is 176 Å². The van der Waals surface area contributed by atoms with Crippen molar-refractivity contribution in [1.29, 1.82) is 0 Å². The molecule has 0 fully saturated rings. The summed E-state index contributed by atoms with van der Waals surface area (Å²) < 4.78 is 2.16. The Hall–Kier alpha value is -5.46. The van der Waals surface area contributed by atoms with Crippen LogP contribution in [0.15, 0.2) is 173 Å². The van der Waals surface area contributed by atoms with Crippen LogP contribution in [-0.2, 0) is 80.5 Å². The van der Waals surface area contributed by atoms with Gasteiger partial charge < -0.3 is 64.9 Å². The minimum atomic E-state index is 0. The van der Waals surface area contributed by atoms with Crippen molar-refractivity contribution in [3.63, 3.8) is 0 Å². The zero-order valence-corrected chi connectivity index (χ0v) is 37.6. The van der Waals surface area contributed by atoms with Crippen molar-refractivity contribution in [2.75, 3.05) is 22.9 Å². The average molecular weight is 910 g/mol. The van der Waals surface area contributed by atoms with Crippen LogP contribution in [0.1, 0.15) is 22.4 Å². The van der Waals surface area contributed by atoms with Gasteiger partial charge in [0.15, 0.2) is 17.3 Å². The van der Waals surface area contributed by atoms with Gasteiger partial charge in [-0.2, -0.15) is 19.6 Å². The van der Waals surface area contributed by atoms with E-state index in [0.717, 1.165) is 81.5 Å². The fourth-order valence-electron chi connectivity index (χ4n) is 6.59. The number of hydrogen-bond acceptors (Lipinski definition) is 10. The fourth-order valence-corrected chi connectivity index (χ4v) is 7.35. The van der Waals surface area contributed by atoms with Gasteiger partial charge in [0, 0.05) is 48.0 Å². The van der Waals surface area contributed by atoms with Gasteiger partial charge >= 0.3 is 0 Å². The third-order valence-corrected chi connectivity index (χ3v) is 10.9. The van der Waals surface area contributed by atoms with E-state index in [0.29, 0.717) is 26.1 Å². The maximum atomic E-state index is 5.00. The van der Waals surface area contributed by atoms with Crippen LogP contribution in [-0.4, -0.2) is 37.6 Å². The zero-order chi connectivity index (χ0) is 42.1. The number of nitrogens with zero attached hydrogens (tertiary/aromatic N) is 7. The van der Waals surface area contributed by atoms with Crippen molar-refractivity contribution in [1.82, 2.24) is 24.5 Å². The Morgan fingerprint density at radius 1 is 0.567 bits per heavy atom. The monoisotopic (exact) mass is 908 g/mol. The number of hydrogen-bond donors (Lipinski definition) is 0. The summed E-state index contributed by atoms with van der Waals surface area (Å²) in [5.41, 5.74) is 9.61. The summed E-state index contributed by atoms with van der Waals surface area (Å²) in [6, 6.07) is 27.4. The molecule has 8 rings (SSSR count). The fraction of sp³-hybridized carbons (Fsp3) is 0.125. The quantitative estimate of drug-likeness (QED) is 0.0753. The Bertz CT molecular complexity index is 2580. The number of rotatable bonds is 10. The molecule has 0 atom stereocenters. The van der Waals surface area contributed by atoms with Gasteiger partial charge in [-0.25, -0.2) is 19.9 Å². The summed E-state index contributed by atoms with van der Waals surface area (Å²) in [6.45, 7) is 21.8. The van der Waals surface area contributed by atoms with Crippen LogP contribution in [0.4, 0.5) is 11.6 Å². The molecular formula is C48H43CuN7S4-4. The number of aryl methyl sites for hydroxylation is 2. The Morgan fingerprint density at radius 3 is 1.47 bits per heavy atom. The minimum Gasteiger partial charge on any atom is -0.781 e. The molecule has 0 saturated carbocycles. The molecule has 0 amide bonds. The van der Waals surface area contributed by atoms with E-state index in [1.54, 1.807) is 0 Å². The first kappa shape index (κ1) is 45.6. The molecular weight excluding hydrogens is 866 g/mol. The Balaban J connectivity index is 0.000000296. The second-order valence-electron chi connectivity index (χ2n) is 13.6. The second-order valence-corrected chi connectivity index (χ2v) is 15.3. The van der Waals surface area contributed by atoms with Crippen LogP contribution < -0.4 is 9.80 Å². The van der Waals surface area contributed by atoms with Gasteiger partial charge in [0.2, 0.25) is 0 Å². The third kappa shape index (κ3) is 10.3. The summed E-state index contributed by atoms with van der Waals surface area (Å²) in [5, 5.41) is 0. The van der Waals surface area contributed by atoms with Crippen molar-refractivity contribution in [2.24, 2.45) is 0 Å². The molecule has 309 valence electrons. The van der Waals surface area contributed by atoms with Crippen molar-refractivity contribution >= 4 is 101 Å². The summed E-state index contributed by atoms with van der Waals surface area (Å²) in [5.74, 6) is 2.56. The molecule has 4 heterocycles. The van der Waals surface area contributed by atoms with Gasteiger partial charge in [-0.3, -0.25) is 0 Å². The number of para-hydroxylation sites is 4. The first-order chi connectivity index (χ1) is 28.6. The molecule has 4 aromatic carbocycles. The van der Waals surface area contributed by atoms with E-state index < -0.39 is 0 Å². The van der Waals surface area contributed by atoms with Crippen LogP contribution in [0, 0.1) is 13.8 Å². The summed E-state index contributed by atoms with van der Waals surface area (Å²) in [4.78, 5) is 27.3. The van der Waals surface area contributed by atoms with Crippen LogP contribution in [0.3, 0.4) is 0 Å². The molecule has 3 aromatic heterocycles. The van der Waals surface area contributed by atoms with E-state index in [2.05, 4.69) is 58.9 Å². The summed E-state index contributed by atoms with van der Waals surface area (Å²) >= 11 is 19.7. The molecule has 1 aliphatic rings. The SMILES string of the molecule is C=CCc1c(C=CC=C2N(CC=C)c3nc4ccccc4nc3N2CC=C)n(CC=C)c2nc3ccccc3nc12.Cc1ccc([S-])c([S-])c1.Cc1ccc([S-])c([S-])c1.[Cu]. The first-order valence-electron chi connectivity index (χ1n) is 18.9. The smallest absolute Gasteiger partial charge is 0.178 e. The molecule has 12 heteroatoms.